The number of nitrogens with one attached hydrogen (secondary N) is 1. The number of hydrogen-bond donors (Lipinski definition) is 2. The van der Waals surface area contributed by atoms with Crippen molar-refractivity contribution in [1.29, 1.82) is 0 Å². The molecule has 8 heteroatoms. The average Bonchev–Trinajstić information content (AvgIpc) is 2.64. The average molecular weight is 353 g/mol. The number of esters is 1. The summed E-state index contributed by atoms with van der Waals surface area (Å²) >= 11 is 0. The Morgan fingerprint density at radius 3 is 2.58 bits per heavy atom. The van der Waals surface area contributed by atoms with Crippen LogP contribution in [0.3, 0.4) is 0 Å². The first-order chi connectivity index (χ1) is 12.5. The third-order valence-corrected chi connectivity index (χ3v) is 3.60. The van der Waals surface area contributed by atoms with E-state index in [2.05, 4.69) is 10.4 Å². The fraction of sp³-hybridized carbons (Fsp3) is 0.111. The fourth-order valence-electron chi connectivity index (χ4n) is 2.40. The van der Waals surface area contributed by atoms with Gasteiger partial charge in [0.05, 0.1) is 23.1 Å². The highest BCUT2D eigenvalue weighted by Gasteiger charge is 2.21. The summed E-state index contributed by atoms with van der Waals surface area (Å²) in [5.41, 5.74) is 1.92. The molecule has 3 aromatic rings. The highest BCUT2D eigenvalue weighted by molar-refractivity contribution is 6.03. The molecule has 132 valence electrons. The molecule has 1 amide bonds. The number of aromatic nitrogens is 2. The summed E-state index contributed by atoms with van der Waals surface area (Å²) in [6, 6.07) is 12.3. The Morgan fingerprint density at radius 1 is 1.15 bits per heavy atom. The molecular weight excluding hydrogens is 338 g/mol. The Kier molecular flexibility index (Phi) is 4.66. The zero-order valence-electron chi connectivity index (χ0n) is 13.8. The van der Waals surface area contributed by atoms with Gasteiger partial charge in [0.1, 0.15) is 5.75 Å². The van der Waals surface area contributed by atoms with Crippen LogP contribution in [0.15, 0.2) is 53.3 Å². The maximum Gasteiger partial charge on any atom is 0.376 e. The van der Waals surface area contributed by atoms with Crippen LogP contribution in [0.4, 0.5) is 0 Å². The fourth-order valence-corrected chi connectivity index (χ4v) is 2.40. The van der Waals surface area contributed by atoms with E-state index in [1.807, 2.05) is 0 Å². The molecule has 0 saturated heterocycles. The predicted molar refractivity (Wildman–Crippen MR) is 93.8 cm³/mol. The number of rotatable bonds is 4. The van der Waals surface area contributed by atoms with Crippen LogP contribution >= 0.6 is 0 Å². The second-order valence-corrected chi connectivity index (χ2v) is 5.27. The van der Waals surface area contributed by atoms with Crippen molar-refractivity contribution >= 4 is 22.8 Å². The van der Waals surface area contributed by atoms with Crippen molar-refractivity contribution in [2.24, 2.45) is 0 Å². The number of hydrogen-bond acceptors (Lipinski definition) is 6. The molecule has 0 spiro atoms. The van der Waals surface area contributed by atoms with Gasteiger partial charge in [0.25, 0.3) is 11.5 Å². The van der Waals surface area contributed by atoms with Crippen LogP contribution in [0.2, 0.25) is 0 Å². The SMILES string of the molecule is CCOC(=O)c1nc2ccccc2c(=O)n1NC(=O)c1ccccc1O. The van der Waals surface area contributed by atoms with Crippen molar-refractivity contribution < 1.29 is 19.4 Å². The number of nitrogens with zero attached hydrogens (tertiary/aromatic N) is 2. The van der Waals surface area contributed by atoms with Gasteiger partial charge in [0.15, 0.2) is 0 Å². The molecule has 0 aliphatic heterocycles. The zero-order chi connectivity index (χ0) is 18.7. The van der Waals surface area contributed by atoms with E-state index in [9.17, 15) is 19.5 Å². The molecule has 8 nitrogen and oxygen atoms in total. The standard InChI is InChI=1S/C18H15N3O5/c1-2-26-18(25)15-19-13-9-5-3-7-11(13)17(24)21(15)20-16(23)12-8-4-6-10-14(12)22/h3-10,22H,2H2,1H3,(H,20,23). The van der Waals surface area contributed by atoms with E-state index in [-0.39, 0.29) is 29.1 Å². The zero-order valence-corrected chi connectivity index (χ0v) is 13.8. The van der Waals surface area contributed by atoms with Crippen molar-refractivity contribution in [2.75, 3.05) is 12.0 Å². The quantitative estimate of drug-likeness (QED) is 0.690. The van der Waals surface area contributed by atoms with Gasteiger partial charge in [-0.3, -0.25) is 15.0 Å². The van der Waals surface area contributed by atoms with E-state index < -0.39 is 17.4 Å². The van der Waals surface area contributed by atoms with E-state index in [4.69, 9.17) is 4.74 Å². The number of aromatic hydroxyl groups is 1. The van der Waals surface area contributed by atoms with E-state index in [1.54, 1.807) is 37.3 Å². The number of carbonyl (C=O) groups excluding carboxylic acids is 2. The molecule has 0 atom stereocenters. The third-order valence-electron chi connectivity index (χ3n) is 3.60. The first kappa shape index (κ1) is 17.2. The van der Waals surface area contributed by atoms with E-state index in [1.165, 1.54) is 18.2 Å². The van der Waals surface area contributed by atoms with Gasteiger partial charge in [-0.05, 0) is 31.2 Å². The molecule has 3 rings (SSSR count). The summed E-state index contributed by atoms with van der Waals surface area (Å²) < 4.78 is 5.65. The Morgan fingerprint density at radius 2 is 1.85 bits per heavy atom. The number of ether oxygens (including phenoxy) is 1. The predicted octanol–water partition coefficient (Wildman–Crippen LogP) is 1.66. The van der Waals surface area contributed by atoms with Gasteiger partial charge >= 0.3 is 5.97 Å². The van der Waals surface area contributed by atoms with Gasteiger partial charge in [-0.25, -0.2) is 9.78 Å². The number of benzene rings is 2. The van der Waals surface area contributed by atoms with E-state index in [0.29, 0.717) is 5.52 Å². The molecule has 0 aliphatic carbocycles. The molecule has 1 aromatic heterocycles. The number of phenols is 1. The third kappa shape index (κ3) is 3.12. The van der Waals surface area contributed by atoms with Gasteiger partial charge in [0.2, 0.25) is 5.82 Å². The summed E-state index contributed by atoms with van der Waals surface area (Å²) in [6.45, 7) is 1.69. The first-order valence-corrected chi connectivity index (χ1v) is 7.81. The minimum absolute atomic E-state index is 0.0534. The highest BCUT2D eigenvalue weighted by atomic mass is 16.5. The summed E-state index contributed by atoms with van der Waals surface area (Å²) in [6.07, 6.45) is 0. The molecular formula is C18H15N3O5. The van der Waals surface area contributed by atoms with Gasteiger partial charge in [-0.15, -0.1) is 0 Å². The molecule has 1 heterocycles. The number of phenolic OH excluding ortho intramolecular Hbond substituents is 1. The normalized spacial score (nSPS) is 10.5. The lowest BCUT2D eigenvalue weighted by Crippen LogP contribution is -2.38. The smallest absolute Gasteiger partial charge is 0.376 e. The van der Waals surface area contributed by atoms with Crippen molar-refractivity contribution in [3.63, 3.8) is 0 Å². The second kappa shape index (κ2) is 7.06. The van der Waals surface area contributed by atoms with Gasteiger partial charge < -0.3 is 9.84 Å². The van der Waals surface area contributed by atoms with Crippen LogP contribution in [0, 0.1) is 0 Å². The molecule has 0 aliphatic rings. The monoisotopic (exact) mass is 353 g/mol. The first-order valence-electron chi connectivity index (χ1n) is 7.81. The topological polar surface area (TPSA) is 111 Å². The highest BCUT2D eigenvalue weighted by Crippen LogP contribution is 2.16. The molecule has 0 radical (unpaired) electrons. The van der Waals surface area contributed by atoms with Crippen LogP contribution in [0.5, 0.6) is 5.75 Å². The van der Waals surface area contributed by atoms with E-state index in [0.717, 1.165) is 4.68 Å². The van der Waals surface area contributed by atoms with E-state index >= 15 is 0 Å². The minimum atomic E-state index is -0.854. The molecule has 26 heavy (non-hydrogen) atoms. The minimum Gasteiger partial charge on any atom is -0.507 e. The van der Waals surface area contributed by atoms with Crippen LogP contribution < -0.4 is 11.0 Å². The lowest BCUT2D eigenvalue weighted by Gasteiger charge is -2.14. The maximum atomic E-state index is 12.7. The van der Waals surface area contributed by atoms with Gasteiger partial charge in [0, 0.05) is 0 Å². The van der Waals surface area contributed by atoms with Crippen molar-refractivity contribution in [3.8, 4) is 5.75 Å². The molecule has 0 bridgehead atoms. The maximum absolute atomic E-state index is 12.7. The Labute approximate surface area is 147 Å². The molecule has 0 fully saturated rings. The number of para-hydroxylation sites is 2. The van der Waals surface area contributed by atoms with Crippen molar-refractivity contribution in [3.05, 3.63) is 70.3 Å². The van der Waals surface area contributed by atoms with Crippen LogP contribution in [0.25, 0.3) is 10.9 Å². The summed E-state index contributed by atoms with van der Waals surface area (Å²) in [5.74, 6) is -2.25. The molecule has 2 aromatic carbocycles. The summed E-state index contributed by atoms with van der Waals surface area (Å²) in [4.78, 5) is 41.5. The van der Waals surface area contributed by atoms with Crippen LogP contribution in [-0.2, 0) is 4.74 Å². The molecule has 2 N–H and O–H groups in total. The summed E-state index contributed by atoms with van der Waals surface area (Å²) in [5, 5.41) is 10.0. The van der Waals surface area contributed by atoms with Crippen LogP contribution in [0.1, 0.15) is 27.9 Å². The lowest BCUT2D eigenvalue weighted by molar-refractivity contribution is 0.0506. The number of carbonyl (C=O) groups is 2. The van der Waals surface area contributed by atoms with Gasteiger partial charge in [-0.2, -0.15) is 4.68 Å². The largest absolute Gasteiger partial charge is 0.507 e. The molecule has 0 unspecified atom stereocenters. The Bertz CT molecular complexity index is 1060. The lowest BCUT2D eigenvalue weighted by atomic mass is 10.2. The Balaban J connectivity index is 2.14. The van der Waals surface area contributed by atoms with Gasteiger partial charge in [-0.1, -0.05) is 24.3 Å². The van der Waals surface area contributed by atoms with Crippen LogP contribution in [-0.4, -0.2) is 33.2 Å². The van der Waals surface area contributed by atoms with Crippen molar-refractivity contribution in [1.82, 2.24) is 9.66 Å². The number of fused-ring (bicyclic) bond motifs is 1. The molecule has 0 saturated carbocycles. The Hall–Kier alpha value is -3.68. The second-order valence-electron chi connectivity index (χ2n) is 5.27. The summed E-state index contributed by atoms with van der Waals surface area (Å²) in [7, 11) is 0. The van der Waals surface area contributed by atoms with Crippen molar-refractivity contribution in [2.45, 2.75) is 6.92 Å². The number of amides is 1.